The second kappa shape index (κ2) is 17.9. The van der Waals surface area contributed by atoms with Gasteiger partial charge in [-0.15, -0.1) is 9.24 Å². The van der Waals surface area contributed by atoms with E-state index in [9.17, 15) is 9.59 Å². The van der Waals surface area contributed by atoms with Crippen molar-refractivity contribution in [1.29, 1.82) is 0 Å². The topological polar surface area (TPSA) is 112 Å². The van der Waals surface area contributed by atoms with Crippen LogP contribution < -0.4 is 0 Å². The quantitative estimate of drug-likeness (QED) is 0.539. The second-order valence-corrected chi connectivity index (χ2v) is 3.18. The molecule has 0 aliphatic carbocycles. The summed E-state index contributed by atoms with van der Waals surface area (Å²) in [7, 11) is 4.93. The van der Waals surface area contributed by atoms with Crippen molar-refractivity contribution in [2.45, 2.75) is 26.1 Å². The Bertz CT molecular complexity index is 228. The highest BCUT2D eigenvalue weighted by Gasteiger charge is 2.19. The van der Waals surface area contributed by atoms with E-state index in [1.807, 2.05) is 6.66 Å². The van der Waals surface area contributed by atoms with Crippen LogP contribution in [0.1, 0.15) is 13.8 Å². The van der Waals surface area contributed by atoms with Gasteiger partial charge < -0.3 is 29.2 Å². The van der Waals surface area contributed by atoms with Gasteiger partial charge in [-0.1, -0.05) is 6.66 Å². The Morgan fingerprint density at radius 2 is 1.85 bits per heavy atom. The Kier molecular flexibility index (Phi) is 21.4. The summed E-state index contributed by atoms with van der Waals surface area (Å²) in [6.45, 7) is 5.49. The maximum Gasteiger partial charge on any atom is 0.508 e. The number of carbonyl (C=O) groups is 2. The summed E-state index contributed by atoms with van der Waals surface area (Å²) in [5.74, 6) is 0. The molecule has 1 saturated heterocycles. The van der Waals surface area contributed by atoms with Gasteiger partial charge in [0, 0.05) is 0 Å². The van der Waals surface area contributed by atoms with Crippen LogP contribution in [-0.4, -0.2) is 68.8 Å². The first-order chi connectivity index (χ1) is 9.37. The van der Waals surface area contributed by atoms with Crippen LogP contribution in [0.4, 0.5) is 9.59 Å². The number of hydrogen-bond acceptors (Lipinski definition) is 8. The molecule has 2 N–H and O–H groups in total. The number of carbonyl (C=O) groups excluding carboxylic acids is 2. The summed E-state index contributed by atoms with van der Waals surface area (Å²) in [4.78, 5) is 19.7. The highest BCUT2D eigenvalue weighted by molar-refractivity contribution is 7.15. The number of rotatable bonds is 1. The van der Waals surface area contributed by atoms with E-state index in [4.69, 9.17) is 10.2 Å². The first-order valence-electron chi connectivity index (χ1n) is 5.69. The number of aliphatic hydroxyl groups excluding tert-OH is 2. The third-order valence-corrected chi connectivity index (χ3v) is 1.33. The third-order valence-electron chi connectivity index (χ3n) is 1.33. The van der Waals surface area contributed by atoms with E-state index in [1.165, 1.54) is 21.1 Å². The van der Waals surface area contributed by atoms with Crippen LogP contribution in [0.2, 0.25) is 0 Å². The number of ether oxygens (including phenoxy) is 4. The Morgan fingerprint density at radius 3 is 1.90 bits per heavy atom. The molecule has 20 heavy (non-hydrogen) atoms. The number of cyclic esters (lactones) is 2. The molecule has 1 rings (SSSR count). The maximum absolute atomic E-state index is 10.0. The molecule has 0 saturated carbocycles. The van der Waals surface area contributed by atoms with Gasteiger partial charge in [-0.3, -0.25) is 0 Å². The molecule has 1 heterocycles. The molecule has 0 aromatic carbocycles. The Labute approximate surface area is 121 Å². The van der Waals surface area contributed by atoms with E-state index >= 15 is 0 Å². The summed E-state index contributed by atoms with van der Waals surface area (Å²) in [5.41, 5.74) is 0. The zero-order chi connectivity index (χ0) is 16.6. The largest absolute Gasteiger partial charge is 0.508 e. The zero-order valence-electron chi connectivity index (χ0n) is 12.5. The molecular weight excluding hydrogens is 291 g/mol. The first-order valence-corrected chi connectivity index (χ1v) is 6.84. The molecule has 0 spiro atoms. The van der Waals surface area contributed by atoms with Gasteiger partial charge in [-0.05, 0) is 13.8 Å². The SMILES string of the molecule is CC(O)CO.CC1COC(=O)O1.COC(=O)OC.CP. The predicted molar refractivity (Wildman–Crippen MR) is 75.7 cm³/mol. The van der Waals surface area contributed by atoms with E-state index in [2.05, 4.69) is 28.2 Å². The summed E-state index contributed by atoms with van der Waals surface area (Å²) in [6, 6.07) is 0. The third kappa shape index (κ3) is 22.1. The van der Waals surface area contributed by atoms with Gasteiger partial charge in [0.05, 0.1) is 26.9 Å². The van der Waals surface area contributed by atoms with Crippen LogP contribution in [0, 0.1) is 0 Å². The lowest BCUT2D eigenvalue weighted by molar-refractivity contribution is 0.0924. The van der Waals surface area contributed by atoms with Crippen molar-refractivity contribution >= 4 is 21.6 Å². The highest BCUT2D eigenvalue weighted by Crippen LogP contribution is 2.02. The van der Waals surface area contributed by atoms with Crippen molar-refractivity contribution in [2.75, 3.05) is 34.1 Å². The minimum absolute atomic E-state index is 0.0486. The van der Waals surface area contributed by atoms with Crippen LogP contribution in [0.5, 0.6) is 0 Å². The van der Waals surface area contributed by atoms with E-state index in [0.717, 1.165) is 0 Å². The molecule has 0 aromatic rings. The summed E-state index contributed by atoms with van der Waals surface area (Å²) >= 11 is 0. The number of methoxy groups -OCH3 is 2. The molecule has 1 aliphatic heterocycles. The van der Waals surface area contributed by atoms with E-state index < -0.39 is 18.4 Å². The predicted octanol–water partition coefficient (Wildman–Crippen LogP) is 0.792. The first kappa shape index (κ1) is 23.9. The maximum atomic E-state index is 10.0. The lowest BCUT2D eigenvalue weighted by atomic mass is 10.5. The fourth-order valence-corrected chi connectivity index (χ4v) is 0.501. The summed E-state index contributed by atoms with van der Waals surface area (Å²) in [5, 5.41) is 16.0. The van der Waals surface area contributed by atoms with Crippen molar-refractivity contribution in [2.24, 2.45) is 0 Å². The van der Waals surface area contributed by atoms with Gasteiger partial charge in [0.15, 0.2) is 0 Å². The van der Waals surface area contributed by atoms with E-state index in [0.29, 0.717) is 6.61 Å². The number of aliphatic hydroxyl groups is 2. The van der Waals surface area contributed by atoms with Crippen LogP contribution in [0.25, 0.3) is 0 Å². The van der Waals surface area contributed by atoms with Crippen LogP contribution in [0.3, 0.4) is 0 Å². The smallest absolute Gasteiger partial charge is 0.438 e. The molecule has 8 nitrogen and oxygen atoms in total. The fourth-order valence-electron chi connectivity index (χ4n) is 0.501. The van der Waals surface area contributed by atoms with Crippen molar-refractivity contribution in [3.05, 3.63) is 0 Å². The van der Waals surface area contributed by atoms with Crippen molar-refractivity contribution in [3.63, 3.8) is 0 Å². The van der Waals surface area contributed by atoms with E-state index in [1.54, 1.807) is 6.92 Å². The van der Waals surface area contributed by atoms with E-state index in [-0.39, 0.29) is 12.7 Å². The Morgan fingerprint density at radius 1 is 1.45 bits per heavy atom. The average Bonchev–Trinajstić information content (AvgIpc) is 2.84. The molecule has 1 fully saturated rings. The van der Waals surface area contributed by atoms with Gasteiger partial charge in [-0.25, -0.2) is 9.59 Å². The second-order valence-electron chi connectivity index (χ2n) is 3.18. The molecule has 122 valence electrons. The van der Waals surface area contributed by atoms with Crippen LogP contribution >= 0.6 is 9.24 Å². The van der Waals surface area contributed by atoms with Gasteiger partial charge in [-0.2, -0.15) is 0 Å². The van der Waals surface area contributed by atoms with Crippen LogP contribution in [-0.2, 0) is 18.9 Å². The van der Waals surface area contributed by atoms with Gasteiger partial charge >= 0.3 is 12.3 Å². The lowest BCUT2D eigenvalue weighted by Crippen LogP contribution is -2.03. The lowest BCUT2D eigenvalue weighted by Gasteiger charge is -1.90. The minimum Gasteiger partial charge on any atom is -0.438 e. The zero-order valence-corrected chi connectivity index (χ0v) is 13.6. The molecule has 0 radical (unpaired) electrons. The molecule has 0 amide bonds. The molecule has 9 heteroatoms. The monoisotopic (exact) mass is 316 g/mol. The molecule has 0 aromatic heterocycles. The van der Waals surface area contributed by atoms with Crippen LogP contribution in [0.15, 0.2) is 0 Å². The molecular formula is C11H25O8P. The molecule has 0 bridgehead atoms. The average molecular weight is 316 g/mol. The number of hydrogen-bond donors (Lipinski definition) is 2. The molecule has 1 aliphatic rings. The normalized spacial score (nSPS) is 16.4. The summed E-state index contributed by atoms with van der Waals surface area (Å²) < 4.78 is 17.0. The molecule has 3 unspecified atom stereocenters. The highest BCUT2D eigenvalue weighted by atomic mass is 31.0. The molecule has 3 atom stereocenters. The fraction of sp³-hybridized carbons (Fsp3) is 0.818. The van der Waals surface area contributed by atoms with Crippen molar-refractivity contribution < 1.29 is 38.7 Å². The summed E-state index contributed by atoms with van der Waals surface area (Å²) in [6.07, 6.45) is -1.81. The van der Waals surface area contributed by atoms with Gasteiger partial charge in [0.2, 0.25) is 0 Å². The van der Waals surface area contributed by atoms with Crippen molar-refractivity contribution in [1.82, 2.24) is 0 Å². The minimum atomic E-state index is -0.657. The van der Waals surface area contributed by atoms with Gasteiger partial charge in [0.1, 0.15) is 12.7 Å². The van der Waals surface area contributed by atoms with Crippen molar-refractivity contribution in [3.8, 4) is 0 Å². The van der Waals surface area contributed by atoms with Gasteiger partial charge in [0.25, 0.3) is 0 Å². The standard InChI is InChI=1S/C4H6O3.C3H6O3.C3H8O2.CH5P/c1-3-2-6-4(5)7-3;1-5-3(4)6-2;1-3(5)2-4;1-2/h3H,2H2,1H3;1-2H3;3-5H,2H2,1H3;2H2,1H3. The Balaban J connectivity index is -0.000000207. The Hall–Kier alpha value is -1.11.